The minimum atomic E-state index is -1.91. The van der Waals surface area contributed by atoms with Gasteiger partial charge in [0.05, 0.1) is 6.61 Å². The number of hydrogen-bond donors (Lipinski definition) is 3. The molecular formula is C69H118O12. The zero-order chi connectivity index (χ0) is 58.9. The summed E-state index contributed by atoms with van der Waals surface area (Å²) < 4.78 is 28.5. The van der Waals surface area contributed by atoms with Crippen LogP contribution in [0.3, 0.4) is 0 Å². The van der Waals surface area contributed by atoms with Crippen molar-refractivity contribution < 1.29 is 58.2 Å². The fourth-order valence-electron chi connectivity index (χ4n) is 9.64. The summed E-state index contributed by atoms with van der Waals surface area (Å²) in [6.45, 7) is 5.93. The van der Waals surface area contributed by atoms with Crippen molar-refractivity contribution >= 4 is 23.9 Å². The van der Waals surface area contributed by atoms with Crippen LogP contribution in [0.5, 0.6) is 0 Å². The Morgan fingerprint density at radius 1 is 0.407 bits per heavy atom. The molecule has 0 aromatic heterocycles. The molecule has 0 amide bonds. The number of aliphatic hydroxyl groups is 2. The van der Waals surface area contributed by atoms with Gasteiger partial charge in [0.15, 0.2) is 24.6 Å². The van der Waals surface area contributed by atoms with Gasteiger partial charge in [0.25, 0.3) is 0 Å². The third-order valence-electron chi connectivity index (χ3n) is 14.7. The number of carboxylic acid groups (broad SMARTS) is 1. The van der Waals surface area contributed by atoms with E-state index in [9.17, 15) is 34.5 Å². The molecule has 0 bridgehead atoms. The second kappa shape index (κ2) is 56.6. The lowest BCUT2D eigenvalue weighted by molar-refractivity contribution is -0.301. The Hall–Kier alpha value is -3.84. The molecule has 0 spiro atoms. The van der Waals surface area contributed by atoms with Crippen molar-refractivity contribution in [2.75, 3.05) is 13.2 Å². The summed E-state index contributed by atoms with van der Waals surface area (Å²) in [5.74, 6) is -3.14. The molecule has 0 saturated carbocycles. The van der Waals surface area contributed by atoms with Gasteiger partial charge in [0, 0.05) is 19.3 Å². The third kappa shape index (κ3) is 46.3. The topological polar surface area (TPSA) is 175 Å². The molecule has 0 aromatic carbocycles. The number of allylic oxidation sites excluding steroid dienone is 12. The number of carbonyl (C=O) groups excluding carboxylic acids is 3. The van der Waals surface area contributed by atoms with Gasteiger partial charge in [0.1, 0.15) is 18.8 Å². The number of hydrogen-bond acceptors (Lipinski definition) is 11. The van der Waals surface area contributed by atoms with E-state index >= 15 is 0 Å². The molecule has 1 rings (SSSR count). The second-order valence-electron chi connectivity index (χ2n) is 22.4. The predicted octanol–water partition coefficient (Wildman–Crippen LogP) is 17.7. The number of aliphatic carboxylic acids is 1. The minimum absolute atomic E-state index is 0.0476. The Labute approximate surface area is 493 Å². The molecular weight excluding hydrogens is 1020 g/mol. The summed E-state index contributed by atoms with van der Waals surface area (Å²) in [5, 5.41) is 31.6. The lowest BCUT2D eigenvalue weighted by Gasteiger charge is -2.40. The molecule has 1 fully saturated rings. The Balaban J connectivity index is 2.67. The second-order valence-corrected chi connectivity index (χ2v) is 22.4. The van der Waals surface area contributed by atoms with E-state index in [1.807, 2.05) is 0 Å². The summed E-state index contributed by atoms with van der Waals surface area (Å²) in [7, 11) is 0. The molecule has 466 valence electrons. The summed E-state index contributed by atoms with van der Waals surface area (Å²) in [5.41, 5.74) is 0. The molecule has 6 atom stereocenters. The molecule has 1 saturated heterocycles. The highest BCUT2D eigenvalue weighted by Gasteiger charge is 2.50. The smallest absolute Gasteiger partial charge is 0.335 e. The van der Waals surface area contributed by atoms with Crippen molar-refractivity contribution in [1.29, 1.82) is 0 Å². The van der Waals surface area contributed by atoms with Crippen LogP contribution in [0, 0.1) is 0 Å². The Morgan fingerprint density at radius 3 is 1.16 bits per heavy atom. The van der Waals surface area contributed by atoms with Gasteiger partial charge in [0.2, 0.25) is 0 Å². The summed E-state index contributed by atoms with van der Waals surface area (Å²) >= 11 is 0. The lowest BCUT2D eigenvalue weighted by Crippen LogP contribution is -2.61. The summed E-state index contributed by atoms with van der Waals surface area (Å²) in [4.78, 5) is 51.3. The number of unbranched alkanes of at least 4 members (excludes halogenated alkanes) is 30. The molecule has 6 unspecified atom stereocenters. The summed E-state index contributed by atoms with van der Waals surface area (Å²) in [6.07, 6.45) is 60.0. The fraction of sp³-hybridized carbons (Fsp3) is 0.768. The SMILES string of the molecule is CCCCC/C=C\C/C=C\C/C=C\CCCCCCCCC(=O)OCC(COC1OC(C(=O)O)C(O)C(O)C1OC(=O)CCCCCCC/C=C\CCCCCC)OC(=O)CCCCCCCCCCC/C=C\C/C=C\CCCCC. The first-order valence-electron chi connectivity index (χ1n) is 32.9. The average Bonchev–Trinajstić information content (AvgIpc) is 3.46. The zero-order valence-corrected chi connectivity index (χ0v) is 51.5. The van der Waals surface area contributed by atoms with Gasteiger partial charge < -0.3 is 39.0 Å². The van der Waals surface area contributed by atoms with E-state index in [-0.39, 0.29) is 25.9 Å². The molecule has 0 aromatic rings. The third-order valence-corrected chi connectivity index (χ3v) is 14.7. The van der Waals surface area contributed by atoms with Crippen LogP contribution in [0.2, 0.25) is 0 Å². The van der Waals surface area contributed by atoms with Crippen molar-refractivity contribution in [1.82, 2.24) is 0 Å². The molecule has 1 heterocycles. The Kier molecular flexibility index (Phi) is 52.6. The van der Waals surface area contributed by atoms with Crippen LogP contribution >= 0.6 is 0 Å². The maximum absolute atomic E-state index is 13.2. The average molecular weight is 1140 g/mol. The van der Waals surface area contributed by atoms with Gasteiger partial charge in [-0.1, -0.05) is 229 Å². The highest BCUT2D eigenvalue weighted by molar-refractivity contribution is 5.74. The zero-order valence-electron chi connectivity index (χ0n) is 51.5. The molecule has 1 aliphatic rings. The highest BCUT2D eigenvalue weighted by atomic mass is 16.7. The van der Waals surface area contributed by atoms with Gasteiger partial charge in [-0.15, -0.1) is 0 Å². The lowest BCUT2D eigenvalue weighted by atomic mass is 9.98. The van der Waals surface area contributed by atoms with Crippen LogP contribution < -0.4 is 0 Å². The molecule has 3 N–H and O–H groups in total. The normalized spacial score (nSPS) is 18.2. The van der Waals surface area contributed by atoms with Gasteiger partial charge in [-0.2, -0.15) is 0 Å². The standard InChI is InChI=1S/C69H118O12/c1-4-7-10-13-16-19-22-25-27-29-31-33-35-38-40-43-46-49-52-55-61(70)77-58-60(79-62(71)56-53-50-47-44-42-39-36-34-32-30-28-26-23-20-17-14-11-8-5-2)59-78-69-67(65(74)64(73)66(81-69)68(75)76)80-63(72)57-54-51-48-45-41-37-24-21-18-15-12-9-6-3/h16-17,19-21,24-28,31,33,60,64-67,69,73-74H,4-15,18,22-23,29-30,32,34-59H2,1-3H3,(H,75,76)/b19-16-,20-17-,24-21-,27-25-,28-26-,33-31-. The van der Waals surface area contributed by atoms with Gasteiger partial charge in [-0.05, 0) is 116 Å². The van der Waals surface area contributed by atoms with Crippen molar-refractivity contribution in [2.45, 2.75) is 327 Å². The van der Waals surface area contributed by atoms with E-state index in [4.69, 9.17) is 23.7 Å². The maximum atomic E-state index is 13.2. The van der Waals surface area contributed by atoms with E-state index in [0.29, 0.717) is 19.3 Å². The van der Waals surface area contributed by atoms with E-state index < -0.39 is 67.3 Å². The van der Waals surface area contributed by atoms with Gasteiger partial charge in [-0.25, -0.2) is 4.79 Å². The molecule has 0 aliphatic carbocycles. The summed E-state index contributed by atoms with van der Waals surface area (Å²) in [6, 6.07) is 0. The first kappa shape index (κ1) is 75.2. The van der Waals surface area contributed by atoms with Crippen molar-refractivity contribution in [3.63, 3.8) is 0 Å². The molecule has 1 aliphatic heterocycles. The fourth-order valence-corrected chi connectivity index (χ4v) is 9.64. The molecule has 12 heteroatoms. The number of esters is 3. The van der Waals surface area contributed by atoms with E-state index in [1.165, 1.54) is 103 Å². The number of rotatable bonds is 56. The van der Waals surface area contributed by atoms with Crippen molar-refractivity contribution in [3.8, 4) is 0 Å². The van der Waals surface area contributed by atoms with Crippen LogP contribution in [0.4, 0.5) is 0 Å². The van der Waals surface area contributed by atoms with Crippen LogP contribution in [0.1, 0.15) is 290 Å². The number of ether oxygens (including phenoxy) is 5. The van der Waals surface area contributed by atoms with Crippen LogP contribution in [0.15, 0.2) is 72.9 Å². The highest BCUT2D eigenvalue weighted by Crippen LogP contribution is 2.27. The van der Waals surface area contributed by atoms with Crippen molar-refractivity contribution in [3.05, 3.63) is 72.9 Å². The first-order chi connectivity index (χ1) is 39.6. The van der Waals surface area contributed by atoms with E-state index in [1.54, 1.807) is 0 Å². The number of carbonyl (C=O) groups is 4. The number of aliphatic hydroxyl groups excluding tert-OH is 2. The quantitative estimate of drug-likeness (QED) is 0.0228. The van der Waals surface area contributed by atoms with Crippen LogP contribution in [-0.2, 0) is 42.9 Å². The Bertz CT molecular complexity index is 1680. The van der Waals surface area contributed by atoms with Crippen LogP contribution in [-0.4, -0.2) is 89.2 Å². The van der Waals surface area contributed by atoms with Crippen molar-refractivity contribution in [2.24, 2.45) is 0 Å². The first-order valence-corrected chi connectivity index (χ1v) is 32.9. The molecule has 0 radical (unpaired) electrons. The largest absolute Gasteiger partial charge is 0.479 e. The van der Waals surface area contributed by atoms with Gasteiger partial charge >= 0.3 is 23.9 Å². The molecule has 81 heavy (non-hydrogen) atoms. The monoisotopic (exact) mass is 1140 g/mol. The number of carboxylic acids is 1. The van der Waals surface area contributed by atoms with Gasteiger partial charge in [-0.3, -0.25) is 14.4 Å². The molecule has 12 nitrogen and oxygen atoms in total. The minimum Gasteiger partial charge on any atom is -0.479 e. The van der Waals surface area contributed by atoms with E-state index in [2.05, 4.69) is 93.7 Å². The van der Waals surface area contributed by atoms with E-state index in [0.717, 1.165) is 128 Å². The van der Waals surface area contributed by atoms with Crippen LogP contribution in [0.25, 0.3) is 0 Å². The Morgan fingerprint density at radius 2 is 0.741 bits per heavy atom. The maximum Gasteiger partial charge on any atom is 0.335 e. The predicted molar refractivity (Wildman–Crippen MR) is 331 cm³/mol.